The monoisotopic (exact) mass is 628 g/mol. The lowest BCUT2D eigenvalue weighted by Gasteiger charge is -2.55. The first-order chi connectivity index (χ1) is 19.7. The number of rotatable bonds is 11. The van der Waals surface area contributed by atoms with Gasteiger partial charge in [0.2, 0.25) is 5.91 Å². The van der Waals surface area contributed by atoms with Gasteiger partial charge < -0.3 is 26.5 Å². The fourth-order valence-corrected chi connectivity index (χ4v) is 7.23. The predicted octanol–water partition coefficient (Wildman–Crippen LogP) is 4.91. The van der Waals surface area contributed by atoms with Crippen LogP contribution in [-0.4, -0.2) is 61.2 Å². The van der Waals surface area contributed by atoms with Gasteiger partial charge in [0, 0.05) is 50.6 Å². The summed E-state index contributed by atoms with van der Waals surface area (Å²) in [6.45, 7) is 9.46. The fourth-order valence-electron chi connectivity index (χ4n) is 6.93. The fraction of sp³-hybridized carbons (Fsp3) is 0.457. The second-order valence-electron chi connectivity index (χ2n) is 12.6. The number of benzene rings is 3. The van der Waals surface area contributed by atoms with E-state index in [1.165, 1.54) is 48.9 Å². The van der Waals surface area contributed by atoms with Gasteiger partial charge in [-0.15, -0.1) is 0 Å². The molecule has 0 aliphatic carbocycles. The molecule has 3 aromatic rings. The molecule has 3 fully saturated rings. The topological polar surface area (TPSA) is 29.5 Å². The molecule has 226 valence electrons. The maximum atomic E-state index is 13.4. The third kappa shape index (κ3) is 7.63. The molecule has 2 bridgehead atoms. The van der Waals surface area contributed by atoms with Crippen molar-refractivity contribution in [1.82, 2.24) is 4.90 Å². The molecule has 3 aliphatic heterocycles. The molecular weight excluding hydrogens is 587 g/mol. The van der Waals surface area contributed by atoms with E-state index in [1.54, 1.807) is 0 Å². The summed E-state index contributed by atoms with van der Waals surface area (Å²) in [6, 6.07) is 25.0. The van der Waals surface area contributed by atoms with Gasteiger partial charge >= 0.3 is 0 Å². The molecule has 3 heterocycles. The summed E-state index contributed by atoms with van der Waals surface area (Å²) in [6.07, 6.45) is 5.22. The van der Waals surface area contributed by atoms with Gasteiger partial charge in [0.05, 0.1) is 48.7 Å². The molecule has 3 aliphatic rings. The summed E-state index contributed by atoms with van der Waals surface area (Å²) in [5.74, 6) is 1.09. The van der Waals surface area contributed by atoms with E-state index in [0.29, 0.717) is 28.4 Å². The van der Waals surface area contributed by atoms with Gasteiger partial charge in [0.15, 0.2) is 0 Å². The van der Waals surface area contributed by atoms with Gasteiger partial charge in [-0.25, -0.2) is 0 Å². The van der Waals surface area contributed by atoms with Gasteiger partial charge in [-0.3, -0.25) is 4.79 Å². The van der Waals surface area contributed by atoms with E-state index in [2.05, 4.69) is 36.4 Å². The molecule has 42 heavy (non-hydrogen) atoms. The smallest absolute Gasteiger partial charge is 0.226 e. The SMILES string of the molecule is CC(C)Oc1cccc(CC(=O)N(C)CC(CC[N+]23CCC(c4ccccc4)(CC2)CC3)c2ccc(Cl)c(Cl)c2)c1.[Cl-]. The number of nitrogens with zero attached hydrogens (tertiary/aromatic N) is 2. The largest absolute Gasteiger partial charge is 1.00 e. The molecule has 3 saturated heterocycles. The van der Waals surface area contributed by atoms with Crippen LogP contribution in [0.25, 0.3) is 0 Å². The highest BCUT2D eigenvalue weighted by Gasteiger charge is 2.49. The minimum absolute atomic E-state index is 0. The van der Waals surface area contributed by atoms with Crippen molar-refractivity contribution < 1.29 is 26.4 Å². The van der Waals surface area contributed by atoms with Crippen LogP contribution in [0.2, 0.25) is 10.0 Å². The minimum Gasteiger partial charge on any atom is -1.00 e. The zero-order valence-electron chi connectivity index (χ0n) is 25.0. The van der Waals surface area contributed by atoms with Crippen LogP contribution in [0, 0.1) is 0 Å². The maximum Gasteiger partial charge on any atom is 0.226 e. The van der Waals surface area contributed by atoms with E-state index < -0.39 is 0 Å². The van der Waals surface area contributed by atoms with E-state index in [9.17, 15) is 4.79 Å². The molecule has 0 saturated carbocycles. The summed E-state index contributed by atoms with van der Waals surface area (Å²) < 4.78 is 7.02. The normalized spacial score (nSPS) is 22.0. The Bertz CT molecular complexity index is 1320. The molecule has 1 amide bonds. The number of carbonyl (C=O) groups excluding carboxylic acids is 1. The van der Waals surface area contributed by atoms with Crippen molar-refractivity contribution in [3.63, 3.8) is 0 Å². The molecule has 6 rings (SSSR count). The Hall–Kier alpha value is -2.24. The number of piperidine rings is 3. The Labute approximate surface area is 268 Å². The van der Waals surface area contributed by atoms with Gasteiger partial charge in [-0.05, 0) is 54.8 Å². The molecule has 0 aromatic heterocycles. The highest BCUT2D eigenvalue weighted by molar-refractivity contribution is 6.42. The van der Waals surface area contributed by atoms with Gasteiger partial charge in [0.1, 0.15) is 5.75 Å². The Morgan fingerprint density at radius 3 is 2.26 bits per heavy atom. The third-order valence-corrected chi connectivity index (χ3v) is 10.2. The van der Waals surface area contributed by atoms with Crippen LogP contribution < -0.4 is 17.1 Å². The molecular formula is C35H43Cl3N2O2. The summed E-state index contributed by atoms with van der Waals surface area (Å²) in [4.78, 5) is 15.3. The van der Waals surface area contributed by atoms with E-state index in [4.69, 9.17) is 27.9 Å². The number of fused-ring (bicyclic) bond motifs is 3. The van der Waals surface area contributed by atoms with Crippen molar-refractivity contribution in [3.05, 3.63) is 99.5 Å². The number of likely N-dealkylation sites (N-methyl/N-ethyl adjacent to an activating group) is 1. The summed E-state index contributed by atoms with van der Waals surface area (Å²) >= 11 is 12.7. The third-order valence-electron chi connectivity index (χ3n) is 9.49. The Balaban J connectivity index is 0.00000405. The van der Waals surface area contributed by atoms with Crippen LogP contribution in [0.15, 0.2) is 72.8 Å². The average Bonchev–Trinajstić information content (AvgIpc) is 2.98. The summed E-state index contributed by atoms with van der Waals surface area (Å²) in [5.41, 5.74) is 3.99. The Morgan fingerprint density at radius 1 is 0.929 bits per heavy atom. The summed E-state index contributed by atoms with van der Waals surface area (Å²) in [5, 5.41) is 1.13. The molecule has 7 heteroatoms. The van der Waals surface area contributed by atoms with Crippen molar-refractivity contribution in [2.45, 2.75) is 63.4 Å². The lowest BCUT2D eigenvalue weighted by atomic mass is 9.66. The molecule has 3 aromatic carbocycles. The van der Waals surface area contributed by atoms with Crippen molar-refractivity contribution in [3.8, 4) is 5.75 Å². The van der Waals surface area contributed by atoms with E-state index in [-0.39, 0.29) is 30.3 Å². The van der Waals surface area contributed by atoms with Crippen LogP contribution in [0.3, 0.4) is 0 Å². The average molecular weight is 630 g/mol. The number of carbonyl (C=O) groups is 1. The second kappa shape index (κ2) is 14.0. The minimum atomic E-state index is 0. The second-order valence-corrected chi connectivity index (χ2v) is 13.4. The summed E-state index contributed by atoms with van der Waals surface area (Å²) in [7, 11) is 1.92. The maximum absolute atomic E-state index is 13.4. The quantitative estimate of drug-likeness (QED) is 0.282. The molecule has 0 spiro atoms. The predicted molar refractivity (Wildman–Crippen MR) is 169 cm³/mol. The van der Waals surface area contributed by atoms with Crippen LogP contribution in [-0.2, 0) is 16.6 Å². The number of hydrogen-bond acceptors (Lipinski definition) is 2. The van der Waals surface area contributed by atoms with Crippen LogP contribution >= 0.6 is 23.2 Å². The molecule has 1 unspecified atom stereocenters. The van der Waals surface area contributed by atoms with Gasteiger partial charge in [0.25, 0.3) is 0 Å². The highest BCUT2D eigenvalue weighted by atomic mass is 35.5. The van der Waals surface area contributed by atoms with E-state index in [1.807, 2.05) is 62.2 Å². The van der Waals surface area contributed by atoms with E-state index in [0.717, 1.165) is 29.8 Å². The number of quaternary nitrogens is 1. The van der Waals surface area contributed by atoms with Crippen molar-refractivity contribution in [2.24, 2.45) is 0 Å². The van der Waals surface area contributed by atoms with Crippen molar-refractivity contribution in [2.75, 3.05) is 39.8 Å². The Morgan fingerprint density at radius 2 is 1.62 bits per heavy atom. The zero-order chi connectivity index (χ0) is 29.0. The van der Waals surface area contributed by atoms with Gasteiger partial charge in [-0.2, -0.15) is 0 Å². The van der Waals surface area contributed by atoms with Crippen molar-refractivity contribution >= 4 is 29.1 Å². The van der Waals surface area contributed by atoms with Crippen LogP contribution in [0.5, 0.6) is 5.75 Å². The molecule has 4 nitrogen and oxygen atoms in total. The first-order valence-electron chi connectivity index (χ1n) is 15.0. The zero-order valence-corrected chi connectivity index (χ0v) is 27.3. The first-order valence-corrected chi connectivity index (χ1v) is 15.8. The molecule has 0 radical (unpaired) electrons. The highest BCUT2D eigenvalue weighted by Crippen LogP contribution is 2.46. The lowest BCUT2D eigenvalue weighted by Crippen LogP contribution is -3.00. The first kappa shape index (κ1) is 32.7. The molecule has 0 N–H and O–H groups in total. The molecule has 1 atom stereocenters. The van der Waals surface area contributed by atoms with Crippen LogP contribution in [0.1, 0.15) is 62.1 Å². The number of amides is 1. The Kier molecular flexibility index (Phi) is 10.9. The number of halogens is 3. The van der Waals surface area contributed by atoms with E-state index >= 15 is 0 Å². The van der Waals surface area contributed by atoms with Crippen molar-refractivity contribution in [1.29, 1.82) is 0 Å². The van der Waals surface area contributed by atoms with Gasteiger partial charge in [-0.1, -0.05) is 71.7 Å². The standard InChI is InChI=1S/C35H43Cl2N2O2.ClH/c1-26(2)41-31-11-7-8-27(22-31)23-34(40)38(3)25-29(28-12-13-32(36)33(37)24-28)14-18-39-19-15-35(16-20-39,17-21-39)30-9-5-4-6-10-30;/h4-13,22,24,26,29H,14-21,23,25H2,1-3H3;1H/q+1;/p-1. The lowest BCUT2D eigenvalue weighted by molar-refractivity contribution is -0.943. The number of hydrogen-bond donors (Lipinski definition) is 0. The van der Waals surface area contributed by atoms with Crippen LogP contribution in [0.4, 0.5) is 0 Å². The number of ether oxygens (including phenoxy) is 1.